The van der Waals surface area contributed by atoms with Crippen LogP contribution in [-0.2, 0) is 19.1 Å². The molecule has 6 nitrogen and oxygen atoms in total. The molecule has 0 rings (SSSR count). The fraction of sp³-hybridized carbons (Fsp3) is 0.905. The standard InChI is InChI=1S/C21H40O6/c1-2-3-4-8-11-14-20(24)26-16-13-10-7-5-6-9-12-15-21(25)27-18-19(23)17-22/h19,22-23H,2-18H2,1H3. The molecule has 0 aliphatic carbocycles. The lowest BCUT2D eigenvalue weighted by atomic mass is 10.1. The molecule has 0 aromatic rings. The third kappa shape index (κ3) is 19.4. The SMILES string of the molecule is CCCCCCCC(=O)OCCCCCCCCCC(=O)OCC(O)CO. The summed E-state index contributed by atoms with van der Waals surface area (Å²) in [5, 5.41) is 17.7. The van der Waals surface area contributed by atoms with Crippen LogP contribution in [0.4, 0.5) is 0 Å². The van der Waals surface area contributed by atoms with Crippen LogP contribution in [0.1, 0.15) is 96.8 Å². The van der Waals surface area contributed by atoms with Gasteiger partial charge in [0.1, 0.15) is 12.7 Å². The quantitative estimate of drug-likeness (QED) is 0.257. The third-order valence-electron chi connectivity index (χ3n) is 4.42. The topological polar surface area (TPSA) is 93.1 Å². The van der Waals surface area contributed by atoms with Gasteiger partial charge in [-0.15, -0.1) is 0 Å². The number of hydrogen-bond acceptors (Lipinski definition) is 6. The molecule has 0 saturated heterocycles. The van der Waals surface area contributed by atoms with E-state index in [4.69, 9.17) is 19.7 Å². The molecule has 0 amide bonds. The second-order valence-corrected chi connectivity index (χ2v) is 7.13. The fourth-order valence-electron chi connectivity index (χ4n) is 2.70. The van der Waals surface area contributed by atoms with Crippen molar-refractivity contribution in [2.45, 2.75) is 103 Å². The summed E-state index contributed by atoms with van der Waals surface area (Å²) < 4.78 is 10.1. The van der Waals surface area contributed by atoms with Crippen LogP contribution in [0.25, 0.3) is 0 Å². The average Bonchev–Trinajstić information content (AvgIpc) is 2.67. The Morgan fingerprint density at radius 2 is 1.22 bits per heavy atom. The van der Waals surface area contributed by atoms with Crippen LogP contribution in [-0.4, -0.2) is 48.1 Å². The van der Waals surface area contributed by atoms with E-state index in [9.17, 15) is 9.59 Å². The van der Waals surface area contributed by atoms with E-state index >= 15 is 0 Å². The van der Waals surface area contributed by atoms with Gasteiger partial charge in [-0.25, -0.2) is 0 Å². The number of rotatable bonds is 19. The van der Waals surface area contributed by atoms with Crippen molar-refractivity contribution in [2.24, 2.45) is 0 Å². The number of carbonyl (C=O) groups is 2. The molecule has 0 aromatic carbocycles. The summed E-state index contributed by atoms with van der Waals surface area (Å²) in [6.07, 6.45) is 12.7. The minimum atomic E-state index is -0.987. The molecular formula is C21H40O6. The van der Waals surface area contributed by atoms with Gasteiger partial charge in [-0.2, -0.15) is 0 Å². The molecule has 0 bridgehead atoms. The zero-order chi connectivity index (χ0) is 20.2. The highest BCUT2D eigenvalue weighted by molar-refractivity contribution is 5.69. The van der Waals surface area contributed by atoms with Crippen molar-refractivity contribution in [3.8, 4) is 0 Å². The second-order valence-electron chi connectivity index (χ2n) is 7.13. The highest BCUT2D eigenvalue weighted by atomic mass is 16.5. The number of ether oxygens (including phenoxy) is 2. The van der Waals surface area contributed by atoms with Crippen LogP contribution in [0.15, 0.2) is 0 Å². The maximum atomic E-state index is 11.6. The van der Waals surface area contributed by atoms with Gasteiger partial charge in [0.05, 0.1) is 13.2 Å². The van der Waals surface area contributed by atoms with E-state index in [0.717, 1.165) is 57.8 Å². The number of esters is 2. The molecule has 0 fully saturated rings. The minimum Gasteiger partial charge on any atom is -0.466 e. The number of hydrogen-bond donors (Lipinski definition) is 2. The molecular weight excluding hydrogens is 348 g/mol. The highest BCUT2D eigenvalue weighted by Gasteiger charge is 2.07. The minimum absolute atomic E-state index is 0.0649. The molecule has 0 radical (unpaired) electrons. The van der Waals surface area contributed by atoms with Gasteiger partial charge in [0.2, 0.25) is 0 Å². The lowest BCUT2D eigenvalue weighted by Gasteiger charge is -2.08. The normalized spacial score (nSPS) is 12.0. The van der Waals surface area contributed by atoms with Gasteiger partial charge in [0.15, 0.2) is 0 Å². The van der Waals surface area contributed by atoms with Gasteiger partial charge in [-0.3, -0.25) is 9.59 Å². The molecule has 1 unspecified atom stereocenters. The number of carbonyl (C=O) groups excluding carboxylic acids is 2. The van der Waals surface area contributed by atoms with Crippen molar-refractivity contribution in [3.63, 3.8) is 0 Å². The Labute approximate surface area is 164 Å². The van der Waals surface area contributed by atoms with Crippen LogP contribution in [0.3, 0.4) is 0 Å². The first-order valence-corrected chi connectivity index (χ1v) is 10.7. The molecule has 0 saturated carbocycles. The predicted molar refractivity (Wildman–Crippen MR) is 105 cm³/mol. The Balaban J connectivity index is 3.26. The molecule has 6 heteroatoms. The van der Waals surface area contributed by atoms with Gasteiger partial charge in [0.25, 0.3) is 0 Å². The first-order chi connectivity index (χ1) is 13.1. The smallest absolute Gasteiger partial charge is 0.305 e. The van der Waals surface area contributed by atoms with E-state index in [1.165, 1.54) is 19.3 Å². The van der Waals surface area contributed by atoms with Crippen LogP contribution >= 0.6 is 0 Å². The van der Waals surface area contributed by atoms with Gasteiger partial charge < -0.3 is 19.7 Å². The Kier molecular flexibility index (Phi) is 18.8. The Bertz CT molecular complexity index is 359. The van der Waals surface area contributed by atoms with Gasteiger partial charge in [-0.05, 0) is 19.3 Å². The Hall–Kier alpha value is -1.14. The average molecular weight is 389 g/mol. The van der Waals surface area contributed by atoms with Crippen LogP contribution < -0.4 is 0 Å². The van der Waals surface area contributed by atoms with Crippen LogP contribution in [0, 0.1) is 0 Å². The van der Waals surface area contributed by atoms with E-state index in [-0.39, 0.29) is 18.5 Å². The lowest BCUT2D eigenvalue weighted by molar-refractivity contribution is -0.147. The highest BCUT2D eigenvalue weighted by Crippen LogP contribution is 2.10. The van der Waals surface area contributed by atoms with Crippen molar-refractivity contribution in [3.05, 3.63) is 0 Å². The summed E-state index contributed by atoms with van der Waals surface area (Å²) in [7, 11) is 0. The van der Waals surface area contributed by atoms with E-state index in [1.807, 2.05) is 0 Å². The monoisotopic (exact) mass is 388 g/mol. The molecule has 0 aromatic heterocycles. The molecule has 0 heterocycles. The van der Waals surface area contributed by atoms with Crippen molar-refractivity contribution >= 4 is 11.9 Å². The van der Waals surface area contributed by atoms with E-state index < -0.39 is 12.7 Å². The molecule has 0 aliphatic rings. The third-order valence-corrected chi connectivity index (χ3v) is 4.42. The van der Waals surface area contributed by atoms with Crippen molar-refractivity contribution < 1.29 is 29.3 Å². The first-order valence-electron chi connectivity index (χ1n) is 10.7. The summed E-state index contributed by atoms with van der Waals surface area (Å²) in [5.74, 6) is -0.389. The van der Waals surface area contributed by atoms with Gasteiger partial charge >= 0.3 is 11.9 Å². The molecule has 160 valence electrons. The second kappa shape index (κ2) is 19.6. The number of aliphatic hydroxyl groups excluding tert-OH is 2. The summed E-state index contributed by atoms with van der Waals surface area (Å²) in [5.41, 5.74) is 0. The van der Waals surface area contributed by atoms with Crippen molar-refractivity contribution in [1.82, 2.24) is 0 Å². The lowest BCUT2D eigenvalue weighted by Crippen LogP contribution is -2.21. The zero-order valence-corrected chi connectivity index (χ0v) is 17.1. The summed E-state index contributed by atoms with van der Waals surface area (Å²) in [4.78, 5) is 22.9. The van der Waals surface area contributed by atoms with Crippen molar-refractivity contribution in [1.29, 1.82) is 0 Å². The molecule has 27 heavy (non-hydrogen) atoms. The first kappa shape index (κ1) is 25.9. The number of unbranched alkanes of at least 4 members (excludes halogenated alkanes) is 10. The molecule has 2 N–H and O–H groups in total. The largest absolute Gasteiger partial charge is 0.466 e. The van der Waals surface area contributed by atoms with E-state index in [1.54, 1.807) is 0 Å². The summed E-state index contributed by atoms with van der Waals surface area (Å²) in [6.45, 7) is 2.17. The summed E-state index contributed by atoms with van der Waals surface area (Å²) in [6, 6.07) is 0. The van der Waals surface area contributed by atoms with Gasteiger partial charge in [0, 0.05) is 12.8 Å². The molecule has 0 aliphatic heterocycles. The Morgan fingerprint density at radius 1 is 0.741 bits per heavy atom. The Morgan fingerprint density at radius 3 is 1.78 bits per heavy atom. The van der Waals surface area contributed by atoms with E-state index in [2.05, 4.69) is 6.92 Å². The predicted octanol–water partition coefficient (Wildman–Crippen LogP) is 3.91. The van der Waals surface area contributed by atoms with Crippen LogP contribution in [0.2, 0.25) is 0 Å². The maximum Gasteiger partial charge on any atom is 0.305 e. The zero-order valence-electron chi connectivity index (χ0n) is 17.1. The maximum absolute atomic E-state index is 11.6. The summed E-state index contributed by atoms with van der Waals surface area (Å²) >= 11 is 0. The van der Waals surface area contributed by atoms with Gasteiger partial charge in [-0.1, -0.05) is 64.7 Å². The fourth-order valence-corrected chi connectivity index (χ4v) is 2.70. The molecule has 0 spiro atoms. The number of aliphatic hydroxyl groups is 2. The van der Waals surface area contributed by atoms with E-state index in [0.29, 0.717) is 19.4 Å². The van der Waals surface area contributed by atoms with Crippen LogP contribution in [0.5, 0.6) is 0 Å². The molecule has 1 atom stereocenters. The van der Waals surface area contributed by atoms with Crippen molar-refractivity contribution in [2.75, 3.05) is 19.8 Å².